The van der Waals surface area contributed by atoms with Gasteiger partial charge in [-0.3, -0.25) is 4.79 Å². The van der Waals surface area contributed by atoms with Crippen molar-refractivity contribution in [2.75, 3.05) is 18.6 Å². The molecule has 0 aliphatic heterocycles. The number of carbonyl (C=O) groups is 2. The van der Waals surface area contributed by atoms with Crippen molar-refractivity contribution in [3.05, 3.63) is 59.2 Å². The number of methoxy groups -OCH3 is 1. The molecule has 5 heteroatoms. The van der Waals surface area contributed by atoms with E-state index in [1.807, 2.05) is 31.2 Å². The number of benzene rings is 2. The highest BCUT2D eigenvalue weighted by Gasteiger charge is 2.30. The number of hydrogen-bond donors (Lipinski definition) is 1. The predicted octanol–water partition coefficient (Wildman–Crippen LogP) is 3.76. The molecule has 0 atom stereocenters. The van der Waals surface area contributed by atoms with Gasteiger partial charge >= 0.3 is 5.97 Å². The van der Waals surface area contributed by atoms with Gasteiger partial charge in [0, 0.05) is 12.2 Å². The van der Waals surface area contributed by atoms with Gasteiger partial charge in [0.2, 0.25) is 0 Å². The number of hydrogen-bond acceptors (Lipinski definition) is 3. The van der Waals surface area contributed by atoms with Crippen molar-refractivity contribution in [2.45, 2.75) is 19.8 Å². The van der Waals surface area contributed by atoms with E-state index in [-0.39, 0.29) is 22.8 Å². The summed E-state index contributed by atoms with van der Waals surface area (Å²) in [7, 11) is 1.38. The number of amides is 1. The normalized spacial score (nSPS) is 13.4. The molecule has 25 heavy (non-hydrogen) atoms. The van der Waals surface area contributed by atoms with Crippen molar-refractivity contribution in [3.8, 4) is 5.75 Å². The monoisotopic (exact) mass is 339 g/mol. The summed E-state index contributed by atoms with van der Waals surface area (Å²) in [6, 6.07) is 12.4. The lowest BCUT2D eigenvalue weighted by Crippen LogP contribution is -2.33. The Labute approximate surface area is 146 Å². The third-order valence-electron chi connectivity index (χ3n) is 4.41. The van der Waals surface area contributed by atoms with Crippen molar-refractivity contribution in [1.29, 1.82) is 0 Å². The lowest BCUT2D eigenvalue weighted by atomic mass is 10.1. The van der Waals surface area contributed by atoms with Gasteiger partial charge in [0.25, 0.3) is 5.91 Å². The topological polar surface area (TPSA) is 66.8 Å². The third-order valence-corrected chi connectivity index (χ3v) is 4.41. The average molecular weight is 339 g/mol. The Morgan fingerprint density at radius 1 is 1.12 bits per heavy atom. The Morgan fingerprint density at radius 2 is 1.76 bits per heavy atom. The minimum Gasteiger partial charge on any atom is -0.495 e. The quantitative estimate of drug-likeness (QED) is 0.870. The SMILES string of the molecule is COc1c(C(=O)O)cccc1C(=O)N(CC1CC1)c1ccc(C)cc1. The van der Waals surface area contributed by atoms with Gasteiger partial charge in [0.1, 0.15) is 11.3 Å². The molecular formula is C20H21NO4. The molecule has 1 amide bonds. The summed E-state index contributed by atoms with van der Waals surface area (Å²) in [6.07, 6.45) is 2.23. The lowest BCUT2D eigenvalue weighted by Gasteiger charge is -2.24. The molecule has 1 aliphatic carbocycles. The summed E-state index contributed by atoms with van der Waals surface area (Å²) in [6.45, 7) is 2.62. The van der Waals surface area contributed by atoms with Gasteiger partial charge in [0.15, 0.2) is 0 Å². The number of carbonyl (C=O) groups excluding carboxylic acids is 1. The first-order valence-corrected chi connectivity index (χ1v) is 8.30. The summed E-state index contributed by atoms with van der Waals surface area (Å²) >= 11 is 0. The molecular weight excluding hydrogens is 318 g/mol. The van der Waals surface area contributed by atoms with Crippen LogP contribution >= 0.6 is 0 Å². The van der Waals surface area contributed by atoms with Crippen molar-refractivity contribution in [2.24, 2.45) is 5.92 Å². The average Bonchev–Trinajstić information content (AvgIpc) is 3.43. The Kier molecular flexibility index (Phi) is 4.74. The molecule has 3 rings (SSSR count). The zero-order valence-electron chi connectivity index (χ0n) is 14.4. The number of anilines is 1. The molecule has 1 N–H and O–H groups in total. The van der Waals surface area contributed by atoms with E-state index in [1.165, 1.54) is 13.2 Å². The second-order valence-electron chi connectivity index (χ2n) is 6.39. The first-order valence-electron chi connectivity index (χ1n) is 8.30. The Bertz CT molecular complexity index is 794. The fourth-order valence-corrected chi connectivity index (χ4v) is 2.83. The van der Waals surface area contributed by atoms with Crippen LogP contribution in [0.2, 0.25) is 0 Å². The molecule has 0 unspecified atom stereocenters. The van der Waals surface area contributed by atoms with Crippen molar-refractivity contribution in [3.63, 3.8) is 0 Å². The molecule has 0 saturated heterocycles. The molecule has 0 aromatic heterocycles. The van der Waals surface area contributed by atoms with Crippen LogP contribution in [0.5, 0.6) is 5.75 Å². The van der Waals surface area contributed by atoms with E-state index < -0.39 is 5.97 Å². The van der Waals surface area contributed by atoms with E-state index in [2.05, 4.69) is 0 Å². The molecule has 0 spiro atoms. The number of ether oxygens (including phenoxy) is 1. The third kappa shape index (κ3) is 3.65. The van der Waals surface area contributed by atoms with Crippen molar-refractivity contribution >= 4 is 17.6 Å². The second kappa shape index (κ2) is 6.97. The summed E-state index contributed by atoms with van der Waals surface area (Å²) in [4.78, 5) is 26.3. The first kappa shape index (κ1) is 17.0. The number of aromatic carboxylic acids is 1. The molecule has 1 aliphatic rings. The van der Waals surface area contributed by atoms with Crippen LogP contribution in [0.15, 0.2) is 42.5 Å². The highest BCUT2D eigenvalue weighted by Crippen LogP contribution is 2.34. The lowest BCUT2D eigenvalue weighted by molar-refractivity contribution is 0.0693. The van der Waals surface area contributed by atoms with Crippen LogP contribution in [0, 0.1) is 12.8 Å². The maximum Gasteiger partial charge on any atom is 0.339 e. The largest absolute Gasteiger partial charge is 0.495 e. The van der Waals surface area contributed by atoms with Crippen LogP contribution < -0.4 is 9.64 Å². The van der Waals surface area contributed by atoms with Gasteiger partial charge in [-0.15, -0.1) is 0 Å². The van der Waals surface area contributed by atoms with Gasteiger partial charge in [-0.05, 0) is 49.9 Å². The van der Waals surface area contributed by atoms with Crippen molar-refractivity contribution < 1.29 is 19.4 Å². The fourth-order valence-electron chi connectivity index (χ4n) is 2.83. The molecule has 5 nitrogen and oxygen atoms in total. The second-order valence-corrected chi connectivity index (χ2v) is 6.39. The number of nitrogens with zero attached hydrogens (tertiary/aromatic N) is 1. The molecule has 130 valence electrons. The molecule has 0 bridgehead atoms. The number of carboxylic acids is 1. The van der Waals surface area contributed by atoms with Gasteiger partial charge in [0.05, 0.1) is 12.7 Å². The Morgan fingerprint density at radius 3 is 2.32 bits per heavy atom. The Balaban J connectivity index is 2.01. The van der Waals surface area contributed by atoms with Crippen LogP contribution in [0.25, 0.3) is 0 Å². The van der Waals surface area contributed by atoms with Crippen LogP contribution in [-0.4, -0.2) is 30.6 Å². The molecule has 2 aromatic carbocycles. The molecule has 2 aromatic rings. The maximum absolute atomic E-state index is 13.2. The summed E-state index contributed by atoms with van der Waals surface area (Å²) in [5.41, 5.74) is 2.19. The predicted molar refractivity (Wildman–Crippen MR) is 95.5 cm³/mol. The van der Waals surface area contributed by atoms with E-state index in [0.717, 1.165) is 24.1 Å². The zero-order valence-corrected chi connectivity index (χ0v) is 14.4. The maximum atomic E-state index is 13.2. The zero-order chi connectivity index (χ0) is 18.0. The van der Waals surface area contributed by atoms with Crippen LogP contribution in [-0.2, 0) is 0 Å². The minimum absolute atomic E-state index is 0.0105. The number of para-hydroxylation sites is 1. The van der Waals surface area contributed by atoms with E-state index in [4.69, 9.17) is 4.74 Å². The highest BCUT2D eigenvalue weighted by atomic mass is 16.5. The molecule has 0 radical (unpaired) electrons. The van der Waals surface area contributed by atoms with Crippen LogP contribution in [0.4, 0.5) is 5.69 Å². The molecule has 0 heterocycles. The number of aryl methyl sites for hydroxylation is 1. The van der Waals surface area contributed by atoms with Gasteiger partial charge in [-0.1, -0.05) is 23.8 Å². The summed E-state index contributed by atoms with van der Waals surface area (Å²) in [5, 5.41) is 9.34. The number of rotatable bonds is 6. The van der Waals surface area contributed by atoms with E-state index in [9.17, 15) is 14.7 Å². The van der Waals surface area contributed by atoms with Crippen LogP contribution in [0.3, 0.4) is 0 Å². The van der Waals surface area contributed by atoms with Gasteiger partial charge in [-0.25, -0.2) is 4.79 Å². The van der Waals surface area contributed by atoms with Gasteiger partial charge in [-0.2, -0.15) is 0 Å². The van der Waals surface area contributed by atoms with Gasteiger partial charge < -0.3 is 14.7 Å². The van der Waals surface area contributed by atoms with Crippen LogP contribution in [0.1, 0.15) is 39.1 Å². The summed E-state index contributed by atoms with van der Waals surface area (Å²) < 4.78 is 5.26. The minimum atomic E-state index is -1.12. The van der Waals surface area contributed by atoms with Crippen molar-refractivity contribution in [1.82, 2.24) is 0 Å². The summed E-state index contributed by atoms with van der Waals surface area (Å²) in [5.74, 6) is -0.752. The van der Waals surface area contributed by atoms with E-state index in [1.54, 1.807) is 17.0 Å². The van der Waals surface area contributed by atoms with E-state index in [0.29, 0.717) is 12.5 Å². The smallest absolute Gasteiger partial charge is 0.339 e. The first-order chi connectivity index (χ1) is 12.0. The number of carboxylic acid groups (broad SMARTS) is 1. The Hall–Kier alpha value is -2.82. The standard InChI is InChI=1S/C20H21NO4/c1-13-6-10-15(11-7-13)21(12-14-8-9-14)19(22)16-4-3-5-17(20(23)24)18(16)25-2/h3-7,10-11,14H,8-9,12H2,1-2H3,(H,23,24). The molecule has 1 fully saturated rings. The highest BCUT2D eigenvalue weighted by molar-refractivity contribution is 6.10. The fraction of sp³-hybridized carbons (Fsp3) is 0.300. The van der Waals surface area contributed by atoms with E-state index >= 15 is 0 Å². The molecule has 1 saturated carbocycles.